The van der Waals surface area contributed by atoms with E-state index in [1.165, 1.54) is 24.1 Å². The number of halogens is 1. The molecule has 2 saturated heterocycles. The van der Waals surface area contributed by atoms with E-state index in [0.717, 1.165) is 43.2 Å². The summed E-state index contributed by atoms with van der Waals surface area (Å²) >= 11 is 0. The Hall–Kier alpha value is -4.13. The lowest BCUT2D eigenvalue weighted by Crippen LogP contribution is -2.29. The Morgan fingerprint density at radius 2 is 1.64 bits per heavy atom. The van der Waals surface area contributed by atoms with Crippen LogP contribution in [0.2, 0.25) is 0 Å². The number of aliphatic hydroxyl groups is 1. The molecule has 0 saturated carbocycles. The molecular weight excluding hydrogens is 459 g/mol. The van der Waals surface area contributed by atoms with Gasteiger partial charge in [-0.1, -0.05) is 24.3 Å². The fourth-order valence-corrected chi connectivity index (χ4v) is 5.10. The maximum Gasteiger partial charge on any atom is 0.300 e. The van der Waals surface area contributed by atoms with Gasteiger partial charge in [0, 0.05) is 24.5 Å². The number of rotatable bonds is 5. The van der Waals surface area contributed by atoms with Gasteiger partial charge in [0.05, 0.1) is 24.3 Å². The van der Waals surface area contributed by atoms with Crippen LogP contribution in [0, 0.1) is 12.7 Å². The van der Waals surface area contributed by atoms with Crippen LogP contribution >= 0.6 is 0 Å². The van der Waals surface area contributed by atoms with Crippen LogP contribution in [0.3, 0.4) is 0 Å². The molecule has 1 amide bonds. The lowest BCUT2D eigenvalue weighted by Gasteiger charge is -2.27. The first-order chi connectivity index (χ1) is 17.4. The average Bonchev–Trinajstić information content (AvgIpc) is 3.51. The Morgan fingerprint density at radius 1 is 0.972 bits per heavy atom. The Labute approximate surface area is 209 Å². The highest BCUT2D eigenvalue weighted by molar-refractivity contribution is 6.51. The molecule has 2 heterocycles. The van der Waals surface area contributed by atoms with Crippen LogP contribution in [0.25, 0.3) is 5.76 Å². The van der Waals surface area contributed by atoms with Crippen LogP contribution in [0.15, 0.2) is 72.3 Å². The summed E-state index contributed by atoms with van der Waals surface area (Å²) in [6, 6.07) is 17.7. The normalized spacial score (nSPS) is 19.2. The van der Waals surface area contributed by atoms with Gasteiger partial charge in [-0.05, 0) is 73.4 Å². The second kappa shape index (κ2) is 9.49. The highest BCUT2D eigenvalue weighted by atomic mass is 19.1. The standard InChI is InChI=1S/C29H27FN2O4/c1-18-7-3-4-8-22(18)26-25(27(33)23-17-19(30)9-14-24(23)36-2)28(34)29(35)32(26)21-12-10-20(11-13-21)31-15-5-6-16-31/h3-4,7-14,17,26,33H,5-6,15-16H2,1-2H3/b27-25+. The summed E-state index contributed by atoms with van der Waals surface area (Å²) in [6.45, 7) is 3.86. The highest BCUT2D eigenvalue weighted by Crippen LogP contribution is 2.44. The lowest BCUT2D eigenvalue weighted by molar-refractivity contribution is -0.132. The molecule has 2 fully saturated rings. The van der Waals surface area contributed by atoms with Crippen molar-refractivity contribution in [1.82, 2.24) is 0 Å². The van der Waals surface area contributed by atoms with Gasteiger partial charge in [-0.3, -0.25) is 14.5 Å². The predicted molar refractivity (Wildman–Crippen MR) is 137 cm³/mol. The number of hydrogen-bond acceptors (Lipinski definition) is 5. The van der Waals surface area contributed by atoms with Gasteiger partial charge in [0.1, 0.15) is 17.3 Å². The zero-order valence-corrected chi connectivity index (χ0v) is 20.2. The number of aryl methyl sites for hydroxylation is 1. The van der Waals surface area contributed by atoms with Crippen molar-refractivity contribution >= 4 is 28.8 Å². The molecule has 5 rings (SSSR count). The van der Waals surface area contributed by atoms with E-state index in [1.807, 2.05) is 55.5 Å². The molecule has 0 radical (unpaired) electrons. The van der Waals surface area contributed by atoms with Gasteiger partial charge >= 0.3 is 0 Å². The van der Waals surface area contributed by atoms with Crippen LogP contribution in [0.1, 0.15) is 35.6 Å². The van der Waals surface area contributed by atoms with E-state index in [1.54, 1.807) is 0 Å². The molecule has 1 atom stereocenters. The van der Waals surface area contributed by atoms with Crippen LogP contribution in [0.5, 0.6) is 5.75 Å². The molecule has 2 aliphatic rings. The largest absolute Gasteiger partial charge is 0.507 e. The first-order valence-corrected chi connectivity index (χ1v) is 12.0. The number of Topliss-reactive ketones (excluding diaryl/α,β-unsaturated/α-hetero) is 1. The molecule has 184 valence electrons. The van der Waals surface area contributed by atoms with Crippen molar-refractivity contribution in [3.63, 3.8) is 0 Å². The topological polar surface area (TPSA) is 70.1 Å². The van der Waals surface area contributed by atoms with Crippen LogP contribution in [0.4, 0.5) is 15.8 Å². The molecule has 2 aliphatic heterocycles. The summed E-state index contributed by atoms with van der Waals surface area (Å²) < 4.78 is 19.4. The summed E-state index contributed by atoms with van der Waals surface area (Å²) in [4.78, 5) is 30.5. The molecule has 36 heavy (non-hydrogen) atoms. The molecule has 0 bridgehead atoms. The van der Waals surface area contributed by atoms with Gasteiger partial charge in [0.15, 0.2) is 0 Å². The van der Waals surface area contributed by atoms with Crippen molar-refractivity contribution in [3.05, 3.63) is 94.8 Å². The van der Waals surface area contributed by atoms with Crippen molar-refractivity contribution in [3.8, 4) is 5.75 Å². The molecule has 3 aromatic carbocycles. The number of anilines is 2. The number of nitrogens with zero attached hydrogens (tertiary/aromatic N) is 2. The number of amides is 1. The number of carbonyl (C=O) groups excluding carboxylic acids is 2. The van der Waals surface area contributed by atoms with E-state index < -0.39 is 29.3 Å². The zero-order chi connectivity index (χ0) is 25.4. The van der Waals surface area contributed by atoms with Crippen LogP contribution < -0.4 is 14.5 Å². The summed E-state index contributed by atoms with van der Waals surface area (Å²) in [7, 11) is 1.39. The van der Waals surface area contributed by atoms with Crippen molar-refractivity contribution in [2.75, 3.05) is 30.0 Å². The maximum absolute atomic E-state index is 14.1. The van der Waals surface area contributed by atoms with E-state index in [-0.39, 0.29) is 16.9 Å². The molecule has 7 heteroatoms. The number of ketones is 1. The SMILES string of the molecule is COc1ccc(F)cc1/C(O)=C1\C(=O)C(=O)N(c2ccc(N3CCCC3)cc2)C1c1ccccc1C. The minimum Gasteiger partial charge on any atom is -0.507 e. The maximum atomic E-state index is 14.1. The first kappa shape index (κ1) is 23.6. The lowest BCUT2D eigenvalue weighted by atomic mass is 9.92. The molecule has 6 nitrogen and oxygen atoms in total. The minimum atomic E-state index is -0.892. The molecule has 0 aliphatic carbocycles. The third-order valence-electron chi connectivity index (χ3n) is 6.94. The van der Waals surface area contributed by atoms with Crippen LogP contribution in [-0.2, 0) is 9.59 Å². The van der Waals surface area contributed by atoms with E-state index in [2.05, 4.69) is 4.90 Å². The number of ether oxygens (including phenoxy) is 1. The Kier molecular flexibility index (Phi) is 6.22. The zero-order valence-electron chi connectivity index (χ0n) is 20.2. The van der Waals surface area contributed by atoms with Gasteiger partial charge in [-0.15, -0.1) is 0 Å². The second-order valence-corrected chi connectivity index (χ2v) is 9.08. The van der Waals surface area contributed by atoms with Gasteiger partial charge in [-0.2, -0.15) is 0 Å². The molecule has 1 unspecified atom stereocenters. The number of carbonyl (C=O) groups is 2. The van der Waals surface area contributed by atoms with E-state index in [0.29, 0.717) is 11.3 Å². The van der Waals surface area contributed by atoms with E-state index in [9.17, 15) is 19.1 Å². The molecule has 0 spiro atoms. The van der Waals surface area contributed by atoms with E-state index in [4.69, 9.17) is 4.74 Å². The summed E-state index contributed by atoms with van der Waals surface area (Å²) in [6.07, 6.45) is 2.29. The smallest absolute Gasteiger partial charge is 0.300 e. The molecule has 1 N–H and O–H groups in total. The van der Waals surface area contributed by atoms with Gasteiger partial charge < -0.3 is 14.7 Å². The summed E-state index contributed by atoms with van der Waals surface area (Å²) in [5.41, 5.74) is 3.04. The second-order valence-electron chi connectivity index (χ2n) is 9.08. The Bertz CT molecular complexity index is 1360. The number of methoxy groups -OCH3 is 1. The van der Waals surface area contributed by atoms with Crippen molar-refractivity contribution in [2.45, 2.75) is 25.8 Å². The average molecular weight is 487 g/mol. The molecular formula is C29H27FN2O4. The van der Waals surface area contributed by atoms with Gasteiger partial charge in [0.25, 0.3) is 11.7 Å². The van der Waals surface area contributed by atoms with Crippen molar-refractivity contribution in [2.24, 2.45) is 0 Å². The number of aliphatic hydroxyl groups excluding tert-OH is 1. The third-order valence-corrected chi connectivity index (χ3v) is 6.94. The quantitative estimate of drug-likeness (QED) is 0.298. The van der Waals surface area contributed by atoms with Crippen molar-refractivity contribution < 1.29 is 23.8 Å². The molecule has 3 aromatic rings. The third kappa shape index (κ3) is 4.00. The minimum absolute atomic E-state index is 0.0125. The monoisotopic (exact) mass is 486 g/mol. The predicted octanol–water partition coefficient (Wildman–Crippen LogP) is 5.37. The highest BCUT2D eigenvalue weighted by Gasteiger charge is 2.47. The number of hydrogen-bond donors (Lipinski definition) is 1. The molecule has 0 aromatic heterocycles. The van der Waals surface area contributed by atoms with Crippen LogP contribution in [-0.4, -0.2) is 37.0 Å². The van der Waals surface area contributed by atoms with Gasteiger partial charge in [0.2, 0.25) is 0 Å². The van der Waals surface area contributed by atoms with Crippen molar-refractivity contribution in [1.29, 1.82) is 0 Å². The Balaban J connectivity index is 1.68. The summed E-state index contributed by atoms with van der Waals surface area (Å²) in [5.74, 6) is -2.48. The Morgan fingerprint density at radius 3 is 2.31 bits per heavy atom. The number of benzene rings is 3. The van der Waals surface area contributed by atoms with E-state index >= 15 is 0 Å². The van der Waals surface area contributed by atoms with Gasteiger partial charge in [-0.25, -0.2) is 4.39 Å². The summed E-state index contributed by atoms with van der Waals surface area (Å²) in [5, 5.41) is 11.3. The first-order valence-electron chi connectivity index (χ1n) is 12.0. The fourth-order valence-electron chi connectivity index (χ4n) is 5.10. The fraction of sp³-hybridized carbons (Fsp3) is 0.241.